The van der Waals surface area contributed by atoms with Crippen molar-refractivity contribution in [3.05, 3.63) is 90.3 Å². The molecule has 1 fully saturated rings. The maximum absolute atomic E-state index is 12.8. The highest BCUT2D eigenvalue weighted by Crippen LogP contribution is 2.30. The Labute approximate surface area is 157 Å². The lowest BCUT2D eigenvalue weighted by Gasteiger charge is -2.15. The summed E-state index contributed by atoms with van der Waals surface area (Å²) in [6.07, 6.45) is 3.23. The third-order valence-corrected chi connectivity index (χ3v) is 4.57. The minimum absolute atomic E-state index is 0.0709. The molecule has 1 unspecified atom stereocenters. The Hall–Kier alpha value is -3.47. The van der Waals surface area contributed by atoms with Crippen molar-refractivity contribution in [2.75, 3.05) is 11.4 Å². The molecule has 5 nitrogen and oxygen atoms in total. The van der Waals surface area contributed by atoms with Gasteiger partial charge in [0.2, 0.25) is 5.91 Å². The highest BCUT2D eigenvalue weighted by atomic mass is 16.5. The number of nitrogens with zero attached hydrogens (tertiary/aromatic N) is 2. The Morgan fingerprint density at radius 1 is 0.963 bits per heavy atom. The van der Waals surface area contributed by atoms with Gasteiger partial charge in [0, 0.05) is 6.20 Å². The molecule has 2 aromatic carbocycles. The standard InChI is InChI=1S/C22H18N2O3/c25-20-14-24(18-7-4-12-23-13-18)22(26)21(20)17-8-10-19(11-9-17)27-15-16-5-2-1-3-6-16/h1-13,21H,14-15H2. The lowest BCUT2D eigenvalue weighted by molar-refractivity contribution is -0.123. The molecule has 1 aliphatic heterocycles. The van der Waals surface area contributed by atoms with E-state index in [-0.39, 0.29) is 18.2 Å². The van der Waals surface area contributed by atoms with Crippen LogP contribution in [-0.2, 0) is 16.2 Å². The molecule has 0 bridgehead atoms. The molecular weight excluding hydrogens is 340 g/mol. The lowest BCUT2D eigenvalue weighted by atomic mass is 9.97. The number of rotatable bonds is 5. The minimum Gasteiger partial charge on any atom is -0.489 e. The summed E-state index contributed by atoms with van der Waals surface area (Å²) in [5, 5.41) is 0. The summed E-state index contributed by atoms with van der Waals surface area (Å²) in [6, 6.07) is 20.6. The normalized spacial score (nSPS) is 16.6. The van der Waals surface area contributed by atoms with Gasteiger partial charge in [-0.25, -0.2) is 0 Å². The van der Waals surface area contributed by atoms with Crippen LogP contribution in [0.2, 0.25) is 0 Å². The largest absolute Gasteiger partial charge is 0.489 e. The monoisotopic (exact) mass is 358 g/mol. The van der Waals surface area contributed by atoms with Crippen molar-refractivity contribution in [3.8, 4) is 5.75 Å². The first kappa shape index (κ1) is 17.0. The van der Waals surface area contributed by atoms with Crippen LogP contribution in [0, 0.1) is 0 Å². The summed E-state index contributed by atoms with van der Waals surface area (Å²) in [6.45, 7) is 0.539. The SMILES string of the molecule is O=C1CN(c2cccnc2)C(=O)C1c1ccc(OCc2ccccc2)cc1. The zero-order valence-electron chi connectivity index (χ0n) is 14.6. The number of Topliss-reactive ketones (excluding diaryl/α,β-unsaturated/α-hetero) is 1. The van der Waals surface area contributed by atoms with Gasteiger partial charge in [0.05, 0.1) is 18.4 Å². The third kappa shape index (κ3) is 3.58. The quantitative estimate of drug-likeness (QED) is 0.656. The molecule has 3 aromatic rings. The number of hydrogen-bond donors (Lipinski definition) is 0. The number of benzene rings is 2. The number of ether oxygens (including phenoxy) is 1. The highest BCUT2D eigenvalue weighted by Gasteiger charge is 2.40. The zero-order valence-corrected chi connectivity index (χ0v) is 14.6. The molecule has 1 aliphatic rings. The van der Waals surface area contributed by atoms with Crippen LogP contribution >= 0.6 is 0 Å². The number of anilines is 1. The Bertz CT molecular complexity index is 940. The second-order valence-electron chi connectivity index (χ2n) is 6.38. The molecule has 27 heavy (non-hydrogen) atoms. The second-order valence-corrected chi connectivity index (χ2v) is 6.38. The molecule has 1 saturated heterocycles. The molecule has 0 saturated carbocycles. The van der Waals surface area contributed by atoms with E-state index in [2.05, 4.69) is 4.98 Å². The van der Waals surface area contributed by atoms with Crippen molar-refractivity contribution in [1.82, 2.24) is 4.98 Å². The fourth-order valence-corrected chi connectivity index (χ4v) is 3.18. The summed E-state index contributed by atoms with van der Waals surface area (Å²) < 4.78 is 5.77. The van der Waals surface area contributed by atoms with Crippen molar-refractivity contribution in [1.29, 1.82) is 0 Å². The van der Waals surface area contributed by atoms with Crippen LogP contribution in [0.4, 0.5) is 5.69 Å². The van der Waals surface area contributed by atoms with Crippen LogP contribution in [0.15, 0.2) is 79.1 Å². The Kier molecular flexibility index (Phi) is 4.66. The van der Waals surface area contributed by atoms with E-state index in [0.29, 0.717) is 23.6 Å². The molecule has 0 spiro atoms. The number of ketones is 1. The lowest BCUT2D eigenvalue weighted by Crippen LogP contribution is -2.26. The molecule has 1 atom stereocenters. The van der Waals surface area contributed by atoms with Gasteiger partial charge in [-0.3, -0.25) is 14.6 Å². The maximum atomic E-state index is 12.8. The second kappa shape index (κ2) is 7.41. The Morgan fingerprint density at radius 3 is 2.44 bits per heavy atom. The van der Waals surface area contributed by atoms with Crippen molar-refractivity contribution in [2.24, 2.45) is 0 Å². The molecule has 0 N–H and O–H groups in total. The van der Waals surface area contributed by atoms with Crippen molar-refractivity contribution in [3.63, 3.8) is 0 Å². The topological polar surface area (TPSA) is 59.5 Å². The summed E-state index contributed by atoms with van der Waals surface area (Å²) >= 11 is 0. The van der Waals surface area contributed by atoms with Crippen LogP contribution in [0.5, 0.6) is 5.75 Å². The summed E-state index contributed by atoms with van der Waals surface area (Å²) in [7, 11) is 0. The van der Waals surface area contributed by atoms with Gasteiger partial charge in [0.1, 0.15) is 18.3 Å². The van der Waals surface area contributed by atoms with Gasteiger partial charge in [-0.1, -0.05) is 42.5 Å². The molecule has 1 aromatic heterocycles. The Morgan fingerprint density at radius 2 is 1.74 bits per heavy atom. The van der Waals surface area contributed by atoms with E-state index in [9.17, 15) is 9.59 Å². The van der Waals surface area contributed by atoms with E-state index >= 15 is 0 Å². The van der Waals surface area contributed by atoms with Gasteiger partial charge < -0.3 is 9.64 Å². The fourth-order valence-electron chi connectivity index (χ4n) is 3.18. The van der Waals surface area contributed by atoms with Gasteiger partial charge in [-0.15, -0.1) is 0 Å². The predicted molar refractivity (Wildman–Crippen MR) is 102 cm³/mol. The van der Waals surface area contributed by atoms with E-state index in [1.165, 1.54) is 4.90 Å². The van der Waals surface area contributed by atoms with Crippen molar-refractivity contribution >= 4 is 17.4 Å². The van der Waals surface area contributed by atoms with E-state index in [1.54, 1.807) is 48.8 Å². The fraction of sp³-hybridized carbons (Fsp3) is 0.136. The van der Waals surface area contributed by atoms with Crippen molar-refractivity contribution in [2.45, 2.75) is 12.5 Å². The summed E-state index contributed by atoms with van der Waals surface area (Å²) in [5.74, 6) is -0.397. The number of pyridine rings is 1. The van der Waals surface area contributed by atoms with Gasteiger partial charge in [-0.2, -0.15) is 0 Å². The predicted octanol–water partition coefficient (Wildman–Crippen LogP) is 3.36. The molecule has 1 amide bonds. The maximum Gasteiger partial charge on any atom is 0.242 e. The number of carbonyl (C=O) groups excluding carboxylic acids is 2. The molecular formula is C22H18N2O3. The van der Waals surface area contributed by atoms with Crippen LogP contribution in [-0.4, -0.2) is 23.2 Å². The summed E-state index contributed by atoms with van der Waals surface area (Å²) in [5.41, 5.74) is 2.40. The van der Waals surface area contributed by atoms with Gasteiger partial charge in [-0.05, 0) is 35.4 Å². The third-order valence-electron chi connectivity index (χ3n) is 4.57. The smallest absolute Gasteiger partial charge is 0.242 e. The number of hydrogen-bond acceptors (Lipinski definition) is 4. The molecule has 134 valence electrons. The zero-order chi connectivity index (χ0) is 18.6. The van der Waals surface area contributed by atoms with Gasteiger partial charge in [0.25, 0.3) is 0 Å². The molecule has 0 radical (unpaired) electrons. The van der Waals surface area contributed by atoms with Gasteiger partial charge >= 0.3 is 0 Å². The van der Waals surface area contributed by atoms with E-state index < -0.39 is 5.92 Å². The first-order chi connectivity index (χ1) is 13.2. The number of aromatic nitrogens is 1. The van der Waals surface area contributed by atoms with Gasteiger partial charge in [0.15, 0.2) is 5.78 Å². The Balaban J connectivity index is 1.47. The van der Waals surface area contributed by atoms with Crippen LogP contribution in [0.1, 0.15) is 17.0 Å². The van der Waals surface area contributed by atoms with Crippen molar-refractivity contribution < 1.29 is 14.3 Å². The van der Waals surface area contributed by atoms with Crippen LogP contribution < -0.4 is 9.64 Å². The molecule has 2 heterocycles. The average Bonchev–Trinajstić information content (AvgIpc) is 3.02. The van der Waals surface area contributed by atoms with Crippen LogP contribution in [0.25, 0.3) is 0 Å². The minimum atomic E-state index is -0.770. The summed E-state index contributed by atoms with van der Waals surface area (Å²) in [4.78, 5) is 30.7. The average molecular weight is 358 g/mol. The highest BCUT2D eigenvalue weighted by molar-refractivity contribution is 6.21. The number of amides is 1. The molecule has 0 aliphatic carbocycles. The van der Waals surface area contributed by atoms with Crippen LogP contribution in [0.3, 0.4) is 0 Å². The molecule has 4 rings (SSSR count). The first-order valence-corrected chi connectivity index (χ1v) is 8.73. The van der Waals surface area contributed by atoms with E-state index in [1.807, 2.05) is 30.3 Å². The molecule has 5 heteroatoms. The van der Waals surface area contributed by atoms with E-state index in [4.69, 9.17) is 4.74 Å². The van der Waals surface area contributed by atoms with E-state index in [0.717, 1.165) is 5.56 Å². The number of carbonyl (C=O) groups is 2. The first-order valence-electron chi connectivity index (χ1n) is 8.73.